The van der Waals surface area contributed by atoms with Crippen LogP contribution in [0.2, 0.25) is 0 Å². The molecule has 1 aromatic carbocycles. The summed E-state index contributed by atoms with van der Waals surface area (Å²) < 4.78 is 13.7. The zero-order valence-electron chi connectivity index (χ0n) is 10.9. The van der Waals surface area contributed by atoms with Gasteiger partial charge in [-0.3, -0.25) is 4.79 Å². The average molecular weight is 281 g/mol. The predicted octanol–water partition coefficient (Wildman–Crippen LogP) is 1.65. The summed E-state index contributed by atoms with van der Waals surface area (Å²) in [4.78, 5) is 11.8. The Morgan fingerprint density at radius 3 is 2.89 bits per heavy atom. The van der Waals surface area contributed by atoms with Gasteiger partial charge in [-0.1, -0.05) is 11.8 Å². The maximum Gasteiger partial charge on any atom is 0.251 e. The number of aliphatic hydroxyl groups is 1. The van der Waals surface area contributed by atoms with E-state index in [-0.39, 0.29) is 29.7 Å². The smallest absolute Gasteiger partial charge is 0.251 e. The molecule has 0 aromatic heterocycles. The Balaban J connectivity index is 2.80. The van der Waals surface area contributed by atoms with Gasteiger partial charge < -0.3 is 10.4 Å². The Hall–Kier alpha value is -1.51. The number of aliphatic hydroxyl groups excluding tert-OH is 1. The summed E-state index contributed by atoms with van der Waals surface area (Å²) in [6.45, 7) is 1.57. The van der Waals surface area contributed by atoms with Crippen LogP contribution in [0.15, 0.2) is 18.2 Å². The number of amides is 1. The standard InChI is InChI=1S/C14H16FNO2S/c1-10(9-19-2)16-14(18)12-6-5-11(4-3-7-17)13(15)8-12/h5-6,8,10,17H,7,9H2,1-2H3,(H,16,18). The third-order valence-corrected chi connectivity index (χ3v) is 3.16. The van der Waals surface area contributed by atoms with Crippen molar-refractivity contribution in [2.24, 2.45) is 0 Å². The van der Waals surface area contributed by atoms with Crippen molar-refractivity contribution < 1.29 is 14.3 Å². The van der Waals surface area contributed by atoms with E-state index in [9.17, 15) is 9.18 Å². The molecular weight excluding hydrogens is 265 g/mol. The molecule has 1 amide bonds. The number of rotatable bonds is 4. The topological polar surface area (TPSA) is 49.3 Å². The van der Waals surface area contributed by atoms with E-state index in [0.717, 1.165) is 11.8 Å². The molecule has 19 heavy (non-hydrogen) atoms. The Bertz CT molecular complexity index is 508. The lowest BCUT2D eigenvalue weighted by atomic mass is 10.1. The SMILES string of the molecule is CSCC(C)NC(=O)c1ccc(C#CCO)c(F)c1. The minimum absolute atomic E-state index is 0.0272. The van der Waals surface area contributed by atoms with Crippen molar-refractivity contribution in [2.45, 2.75) is 13.0 Å². The minimum atomic E-state index is -0.564. The third kappa shape index (κ3) is 4.93. The lowest BCUT2D eigenvalue weighted by Crippen LogP contribution is -2.34. The first kappa shape index (κ1) is 15.5. The maximum absolute atomic E-state index is 13.7. The summed E-state index contributed by atoms with van der Waals surface area (Å²) in [5, 5.41) is 11.3. The number of benzene rings is 1. The quantitative estimate of drug-likeness (QED) is 0.825. The minimum Gasteiger partial charge on any atom is -0.384 e. The third-order valence-electron chi connectivity index (χ3n) is 2.33. The number of halogens is 1. The largest absolute Gasteiger partial charge is 0.384 e. The average Bonchev–Trinajstić information content (AvgIpc) is 2.37. The number of carbonyl (C=O) groups excluding carboxylic acids is 1. The first-order valence-electron chi connectivity index (χ1n) is 5.77. The summed E-state index contributed by atoms with van der Waals surface area (Å²) >= 11 is 1.63. The van der Waals surface area contributed by atoms with Crippen molar-refractivity contribution in [1.29, 1.82) is 0 Å². The van der Waals surface area contributed by atoms with Gasteiger partial charge in [0.1, 0.15) is 12.4 Å². The van der Waals surface area contributed by atoms with Crippen molar-refractivity contribution in [1.82, 2.24) is 5.32 Å². The molecule has 0 saturated carbocycles. The molecule has 0 aliphatic carbocycles. The lowest BCUT2D eigenvalue weighted by molar-refractivity contribution is 0.0943. The van der Waals surface area contributed by atoms with Gasteiger partial charge in [0.15, 0.2) is 0 Å². The fourth-order valence-corrected chi connectivity index (χ4v) is 2.07. The summed E-state index contributed by atoms with van der Waals surface area (Å²) in [5.74, 6) is 4.78. The van der Waals surface area contributed by atoms with Crippen LogP contribution in [0, 0.1) is 17.7 Å². The van der Waals surface area contributed by atoms with Gasteiger partial charge in [0.05, 0.1) is 5.56 Å². The number of hydrogen-bond acceptors (Lipinski definition) is 3. The molecule has 0 aliphatic heterocycles. The molecule has 0 heterocycles. The van der Waals surface area contributed by atoms with Gasteiger partial charge in [-0.05, 0) is 31.4 Å². The van der Waals surface area contributed by atoms with Crippen LogP contribution in [0.25, 0.3) is 0 Å². The number of carbonyl (C=O) groups is 1. The highest BCUT2D eigenvalue weighted by molar-refractivity contribution is 7.98. The van der Waals surface area contributed by atoms with Gasteiger partial charge in [0, 0.05) is 17.4 Å². The second-order valence-corrected chi connectivity index (χ2v) is 4.90. The highest BCUT2D eigenvalue weighted by atomic mass is 32.2. The molecular formula is C14H16FNO2S. The van der Waals surface area contributed by atoms with E-state index in [4.69, 9.17) is 5.11 Å². The van der Waals surface area contributed by atoms with Crippen molar-refractivity contribution in [3.05, 3.63) is 35.1 Å². The van der Waals surface area contributed by atoms with Crippen molar-refractivity contribution in [3.8, 4) is 11.8 Å². The highest BCUT2D eigenvalue weighted by Gasteiger charge is 2.11. The van der Waals surface area contributed by atoms with Gasteiger partial charge in [-0.15, -0.1) is 0 Å². The molecule has 0 bridgehead atoms. The fourth-order valence-electron chi connectivity index (χ4n) is 1.49. The van der Waals surface area contributed by atoms with E-state index >= 15 is 0 Å². The summed E-state index contributed by atoms with van der Waals surface area (Å²) in [6.07, 6.45) is 1.96. The zero-order valence-corrected chi connectivity index (χ0v) is 11.7. The van der Waals surface area contributed by atoms with Crippen molar-refractivity contribution in [3.63, 3.8) is 0 Å². The number of thioether (sulfide) groups is 1. The molecule has 1 rings (SSSR count). The second-order valence-electron chi connectivity index (χ2n) is 3.98. The molecule has 0 aliphatic rings. The van der Waals surface area contributed by atoms with Crippen molar-refractivity contribution in [2.75, 3.05) is 18.6 Å². The Labute approximate surface area is 116 Å². The molecule has 0 saturated heterocycles. The first-order valence-corrected chi connectivity index (χ1v) is 7.17. The molecule has 5 heteroatoms. The van der Waals surface area contributed by atoms with Crippen LogP contribution in [0.5, 0.6) is 0 Å². The monoisotopic (exact) mass is 281 g/mol. The Morgan fingerprint density at radius 1 is 1.58 bits per heavy atom. The molecule has 0 fully saturated rings. The summed E-state index contributed by atoms with van der Waals surface area (Å²) in [6, 6.07) is 4.14. The predicted molar refractivity (Wildman–Crippen MR) is 75.7 cm³/mol. The van der Waals surface area contributed by atoms with Crippen molar-refractivity contribution >= 4 is 17.7 Å². The van der Waals surface area contributed by atoms with Gasteiger partial charge >= 0.3 is 0 Å². The normalized spacial score (nSPS) is 11.4. The molecule has 2 N–H and O–H groups in total. The van der Waals surface area contributed by atoms with Gasteiger partial charge in [-0.25, -0.2) is 4.39 Å². The second kappa shape index (κ2) is 7.82. The van der Waals surface area contributed by atoms with E-state index in [2.05, 4.69) is 17.2 Å². The van der Waals surface area contributed by atoms with E-state index in [1.807, 2.05) is 13.2 Å². The molecule has 0 radical (unpaired) electrons. The van der Waals surface area contributed by atoms with Crippen LogP contribution in [-0.4, -0.2) is 35.7 Å². The Kier molecular flexibility index (Phi) is 6.40. The van der Waals surface area contributed by atoms with Crippen LogP contribution < -0.4 is 5.32 Å². The van der Waals surface area contributed by atoms with Crippen LogP contribution in [-0.2, 0) is 0 Å². The molecule has 1 unspecified atom stereocenters. The summed E-state index contributed by atoms with van der Waals surface area (Å²) in [5.41, 5.74) is 0.433. The zero-order chi connectivity index (χ0) is 14.3. The lowest BCUT2D eigenvalue weighted by Gasteiger charge is -2.12. The van der Waals surface area contributed by atoms with Gasteiger partial charge in [0.2, 0.25) is 0 Å². The maximum atomic E-state index is 13.7. The summed E-state index contributed by atoms with van der Waals surface area (Å²) in [7, 11) is 0. The van der Waals surface area contributed by atoms with Crippen LogP contribution in [0.1, 0.15) is 22.8 Å². The molecule has 1 aromatic rings. The molecule has 1 atom stereocenters. The van der Waals surface area contributed by atoms with Gasteiger partial charge in [0.25, 0.3) is 5.91 Å². The van der Waals surface area contributed by atoms with Crippen LogP contribution in [0.4, 0.5) is 4.39 Å². The molecule has 102 valence electrons. The number of nitrogens with one attached hydrogen (secondary N) is 1. The van der Waals surface area contributed by atoms with E-state index < -0.39 is 5.82 Å². The molecule has 0 spiro atoms. The Morgan fingerprint density at radius 2 is 2.32 bits per heavy atom. The van der Waals surface area contributed by atoms with Crippen LogP contribution >= 0.6 is 11.8 Å². The van der Waals surface area contributed by atoms with Gasteiger partial charge in [-0.2, -0.15) is 11.8 Å². The highest BCUT2D eigenvalue weighted by Crippen LogP contribution is 2.10. The van der Waals surface area contributed by atoms with Crippen LogP contribution in [0.3, 0.4) is 0 Å². The number of hydrogen-bond donors (Lipinski definition) is 2. The fraction of sp³-hybridized carbons (Fsp3) is 0.357. The van der Waals surface area contributed by atoms with E-state index in [0.29, 0.717) is 0 Å². The van der Waals surface area contributed by atoms with E-state index in [1.165, 1.54) is 12.1 Å². The first-order chi connectivity index (χ1) is 9.08. The van der Waals surface area contributed by atoms with E-state index in [1.54, 1.807) is 11.8 Å². The molecule has 3 nitrogen and oxygen atoms in total.